The summed E-state index contributed by atoms with van der Waals surface area (Å²) in [4.78, 5) is 22.8. The number of para-hydroxylation sites is 2. The number of ether oxygens (including phenoxy) is 1. The largest absolute Gasteiger partial charge is 0.476 e. The van der Waals surface area contributed by atoms with Crippen LogP contribution in [-0.2, 0) is 6.54 Å². The lowest BCUT2D eigenvalue weighted by Gasteiger charge is -2.24. The number of likely N-dealkylation sites (N-methyl/N-ethyl adjacent to an activating group) is 1. The van der Waals surface area contributed by atoms with E-state index in [-0.39, 0.29) is 5.91 Å². The van der Waals surface area contributed by atoms with E-state index in [1.807, 2.05) is 89.8 Å². The number of nitrogens with zero attached hydrogens (tertiary/aromatic N) is 3. The maximum absolute atomic E-state index is 14.0. The first-order chi connectivity index (χ1) is 16.7. The number of amides is 1. The van der Waals surface area contributed by atoms with Crippen LogP contribution in [-0.4, -0.2) is 42.0 Å². The maximum atomic E-state index is 14.0. The predicted octanol–water partition coefficient (Wildman–Crippen LogP) is 5.80. The van der Waals surface area contributed by atoms with Crippen molar-refractivity contribution in [1.82, 2.24) is 9.88 Å². The second-order valence-corrected chi connectivity index (χ2v) is 8.11. The summed E-state index contributed by atoms with van der Waals surface area (Å²) >= 11 is 0. The van der Waals surface area contributed by atoms with Gasteiger partial charge in [-0.15, -0.1) is 0 Å². The molecule has 0 saturated carbocycles. The van der Waals surface area contributed by atoms with Gasteiger partial charge in [0.2, 0.25) is 5.88 Å². The molecule has 0 aliphatic heterocycles. The van der Waals surface area contributed by atoms with Crippen LogP contribution in [0.25, 0.3) is 10.9 Å². The highest BCUT2D eigenvalue weighted by Crippen LogP contribution is 2.27. The quantitative estimate of drug-likeness (QED) is 0.304. The van der Waals surface area contributed by atoms with E-state index < -0.39 is 0 Å². The molecule has 5 nitrogen and oxygen atoms in total. The normalized spacial score (nSPS) is 11.0. The van der Waals surface area contributed by atoms with Gasteiger partial charge >= 0.3 is 0 Å². The zero-order valence-electron chi connectivity index (χ0n) is 19.9. The Hall–Kier alpha value is -3.70. The number of hydrogen-bond acceptors (Lipinski definition) is 4. The van der Waals surface area contributed by atoms with Crippen LogP contribution >= 0.6 is 0 Å². The molecular weight excluding hydrogens is 422 g/mol. The third-order valence-electron chi connectivity index (χ3n) is 5.97. The average molecular weight is 454 g/mol. The fourth-order valence-corrected chi connectivity index (χ4v) is 4.02. The molecular formula is C29H31N3O2. The minimum atomic E-state index is -0.0813. The van der Waals surface area contributed by atoms with Crippen LogP contribution in [0.4, 0.5) is 5.69 Å². The number of fused-ring (bicyclic) bond motifs is 1. The zero-order valence-corrected chi connectivity index (χ0v) is 19.9. The summed E-state index contributed by atoms with van der Waals surface area (Å²) in [5.74, 6) is 0.393. The van der Waals surface area contributed by atoms with E-state index in [2.05, 4.69) is 23.7 Å². The van der Waals surface area contributed by atoms with Gasteiger partial charge in [0, 0.05) is 23.7 Å². The summed E-state index contributed by atoms with van der Waals surface area (Å²) in [6.07, 6.45) is 0. The SMILES string of the molecule is CCN(CC)CCOc1cc(C(=O)N(Cc2ccccc2)c2ccccc2)c2ccccc2n1. The number of hydrogen-bond donors (Lipinski definition) is 0. The second-order valence-electron chi connectivity index (χ2n) is 8.11. The van der Waals surface area contributed by atoms with Crippen molar-refractivity contribution in [2.24, 2.45) is 0 Å². The summed E-state index contributed by atoms with van der Waals surface area (Å²) in [6, 6.07) is 29.4. The Kier molecular flexibility index (Phi) is 7.89. The molecule has 1 heterocycles. The Morgan fingerprint density at radius 3 is 2.21 bits per heavy atom. The number of aromatic nitrogens is 1. The molecule has 0 atom stereocenters. The van der Waals surface area contributed by atoms with Crippen molar-refractivity contribution in [3.63, 3.8) is 0 Å². The Balaban J connectivity index is 1.69. The Labute approximate surface area is 201 Å². The highest BCUT2D eigenvalue weighted by atomic mass is 16.5. The van der Waals surface area contributed by atoms with Gasteiger partial charge in [0.25, 0.3) is 5.91 Å². The number of benzene rings is 3. The maximum Gasteiger partial charge on any atom is 0.259 e. The number of anilines is 1. The van der Waals surface area contributed by atoms with E-state index in [0.29, 0.717) is 24.6 Å². The van der Waals surface area contributed by atoms with Gasteiger partial charge in [-0.2, -0.15) is 0 Å². The van der Waals surface area contributed by atoms with Gasteiger partial charge in [0.05, 0.1) is 17.6 Å². The molecule has 0 spiro atoms. The van der Waals surface area contributed by atoms with E-state index in [1.165, 1.54) is 0 Å². The molecule has 0 saturated heterocycles. The molecule has 4 aromatic rings. The third kappa shape index (κ3) is 5.61. The van der Waals surface area contributed by atoms with Crippen LogP contribution < -0.4 is 9.64 Å². The van der Waals surface area contributed by atoms with Gasteiger partial charge in [-0.3, -0.25) is 4.79 Å². The fourth-order valence-electron chi connectivity index (χ4n) is 4.02. The van der Waals surface area contributed by atoms with E-state index >= 15 is 0 Å². The van der Waals surface area contributed by atoms with Crippen LogP contribution in [0.5, 0.6) is 5.88 Å². The Morgan fingerprint density at radius 1 is 0.853 bits per heavy atom. The molecule has 3 aromatic carbocycles. The molecule has 0 aliphatic rings. The summed E-state index contributed by atoms with van der Waals surface area (Å²) in [7, 11) is 0. The van der Waals surface area contributed by atoms with Crippen LogP contribution in [0, 0.1) is 0 Å². The van der Waals surface area contributed by atoms with Crippen molar-refractivity contribution in [3.05, 3.63) is 102 Å². The summed E-state index contributed by atoms with van der Waals surface area (Å²) in [5, 5.41) is 0.817. The summed E-state index contributed by atoms with van der Waals surface area (Å²) in [5.41, 5.74) is 3.25. The first-order valence-corrected chi connectivity index (χ1v) is 11.9. The van der Waals surface area contributed by atoms with Crippen molar-refractivity contribution in [2.45, 2.75) is 20.4 Å². The zero-order chi connectivity index (χ0) is 23.8. The fraction of sp³-hybridized carbons (Fsp3) is 0.241. The molecule has 0 N–H and O–H groups in total. The van der Waals surface area contributed by atoms with E-state index in [0.717, 1.165) is 41.8 Å². The highest BCUT2D eigenvalue weighted by molar-refractivity contribution is 6.13. The predicted molar refractivity (Wildman–Crippen MR) is 138 cm³/mol. The van der Waals surface area contributed by atoms with Gasteiger partial charge in [-0.05, 0) is 36.9 Å². The van der Waals surface area contributed by atoms with Gasteiger partial charge < -0.3 is 14.5 Å². The second kappa shape index (κ2) is 11.4. The Bertz CT molecular complexity index is 1210. The van der Waals surface area contributed by atoms with E-state index in [4.69, 9.17) is 4.74 Å². The third-order valence-corrected chi connectivity index (χ3v) is 5.97. The van der Waals surface area contributed by atoms with Gasteiger partial charge in [-0.25, -0.2) is 4.98 Å². The van der Waals surface area contributed by atoms with Crippen LogP contribution in [0.3, 0.4) is 0 Å². The monoisotopic (exact) mass is 453 g/mol. The molecule has 5 heteroatoms. The lowest BCUT2D eigenvalue weighted by Crippen LogP contribution is -2.31. The molecule has 0 bridgehead atoms. The van der Waals surface area contributed by atoms with Crippen molar-refractivity contribution in [3.8, 4) is 5.88 Å². The van der Waals surface area contributed by atoms with Crippen LogP contribution in [0.2, 0.25) is 0 Å². The molecule has 34 heavy (non-hydrogen) atoms. The van der Waals surface area contributed by atoms with E-state index in [9.17, 15) is 4.79 Å². The average Bonchev–Trinajstić information content (AvgIpc) is 2.90. The standard InChI is InChI=1S/C29H31N3O2/c1-3-31(4-2)19-20-34-28-21-26(25-17-11-12-18-27(25)30-28)29(33)32(24-15-9-6-10-16-24)22-23-13-7-5-8-14-23/h5-18,21H,3-4,19-20,22H2,1-2H3. The molecule has 0 aliphatic carbocycles. The lowest BCUT2D eigenvalue weighted by molar-refractivity contribution is 0.0986. The first kappa shape index (κ1) is 23.5. The number of carbonyl (C=O) groups excluding carboxylic acids is 1. The molecule has 0 radical (unpaired) electrons. The number of rotatable bonds is 10. The lowest BCUT2D eigenvalue weighted by atomic mass is 10.1. The smallest absolute Gasteiger partial charge is 0.259 e. The van der Waals surface area contributed by atoms with Crippen molar-refractivity contribution >= 4 is 22.5 Å². The molecule has 0 unspecified atom stereocenters. The van der Waals surface area contributed by atoms with Crippen molar-refractivity contribution in [2.75, 3.05) is 31.1 Å². The van der Waals surface area contributed by atoms with Crippen molar-refractivity contribution in [1.29, 1.82) is 0 Å². The van der Waals surface area contributed by atoms with Gasteiger partial charge in [0.15, 0.2) is 0 Å². The molecule has 1 amide bonds. The van der Waals surface area contributed by atoms with E-state index in [1.54, 1.807) is 6.07 Å². The highest BCUT2D eigenvalue weighted by Gasteiger charge is 2.22. The minimum Gasteiger partial charge on any atom is -0.476 e. The van der Waals surface area contributed by atoms with Crippen molar-refractivity contribution < 1.29 is 9.53 Å². The molecule has 1 aromatic heterocycles. The molecule has 0 fully saturated rings. The topological polar surface area (TPSA) is 45.7 Å². The Morgan fingerprint density at radius 2 is 1.50 bits per heavy atom. The van der Waals surface area contributed by atoms with Crippen LogP contribution in [0.1, 0.15) is 29.8 Å². The van der Waals surface area contributed by atoms with Gasteiger partial charge in [-0.1, -0.05) is 80.6 Å². The molecule has 174 valence electrons. The number of carbonyl (C=O) groups is 1. The summed E-state index contributed by atoms with van der Waals surface area (Å²) in [6.45, 7) is 8.03. The summed E-state index contributed by atoms with van der Waals surface area (Å²) < 4.78 is 6.02. The number of pyridine rings is 1. The molecule has 4 rings (SSSR count). The van der Waals surface area contributed by atoms with Crippen LogP contribution in [0.15, 0.2) is 91.0 Å². The minimum absolute atomic E-state index is 0.0813. The first-order valence-electron chi connectivity index (χ1n) is 11.9. The van der Waals surface area contributed by atoms with Gasteiger partial charge in [0.1, 0.15) is 6.61 Å².